The van der Waals surface area contributed by atoms with Gasteiger partial charge in [-0.15, -0.1) is 0 Å². The van der Waals surface area contributed by atoms with Gasteiger partial charge in [-0.2, -0.15) is 0 Å². The number of rotatable bonds is 6. The number of nitrogens with one attached hydrogen (secondary N) is 1. The first kappa shape index (κ1) is 14.4. The van der Waals surface area contributed by atoms with E-state index in [0.717, 1.165) is 12.8 Å². The molecule has 0 aromatic carbocycles. The fourth-order valence-corrected chi connectivity index (χ4v) is 1.42. The van der Waals surface area contributed by atoms with E-state index in [-0.39, 0.29) is 12.1 Å². The summed E-state index contributed by atoms with van der Waals surface area (Å²) in [5.41, 5.74) is -1.54. The summed E-state index contributed by atoms with van der Waals surface area (Å²) in [4.78, 5) is 11.2. The molecule has 0 saturated heterocycles. The molecule has 0 aromatic rings. The van der Waals surface area contributed by atoms with Crippen molar-refractivity contribution in [3.63, 3.8) is 0 Å². The van der Waals surface area contributed by atoms with E-state index < -0.39 is 11.6 Å². The Morgan fingerprint density at radius 2 is 1.93 bits per heavy atom. The van der Waals surface area contributed by atoms with Gasteiger partial charge in [-0.1, -0.05) is 13.3 Å². The molecule has 0 aliphatic carbocycles. The van der Waals surface area contributed by atoms with E-state index in [1.807, 2.05) is 13.8 Å². The Kier molecular flexibility index (Phi) is 5.24. The monoisotopic (exact) mass is 217 g/mol. The number of aliphatic hydroxyl groups is 1. The van der Waals surface area contributed by atoms with Gasteiger partial charge in [0.2, 0.25) is 0 Å². The lowest BCUT2D eigenvalue weighted by Crippen LogP contribution is -2.51. The van der Waals surface area contributed by atoms with Crippen molar-refractivity contribution in [3.05, 3.63) is 0 Å². The van der Waals surface area contributed by atoms with Crippen LogP contribution in [0.4, 0.5) is 0 Å². The molecule has 1 atom stereocenters. The Morgan fingerprint density at radius 1 is 1.40 bits per heavy atom. The average Bonchev–Trinajstić information content (AvgIpc) is 2.14. The number of carbonyl (C=O) groups excluding carboxylic acids is 1. The maximum atomic E-state index is 11.2. The summed E-state index contributed by atoms with van der Waals surface area (Å²) in [6.07, 6.45) is 2.05. The van der Waals surface area contributed by atoms with Crippen LogP contribution in [0.15, 0.2) is 0 Å². The third kappa shape index (κ3) is 5.14. The van der Waals surface area contributed by atoms with Crippen LogP contribution in [0.2, 0.25) is 0 Å². The van der Waals surface area contributed by atoms with Crippen molar-refractivity contribution in [2.24, 2.45) is 0 Å². The van der Waals surface area contributed by atoms with E-state index >= 15 is 0 Å². The molecular formula is C11H23NO3. The normalized spacial score (nSPS) is 15.9. The van der Waals surface area contributed by atoms with Gasteiger partial charge in [0.05, 0.1) is 7.11 Å². The van der Waals surface area contributed by atoms with E-state index in [1.54, 1.807) is 0 Å². The maximum Gasteiger partial charge on any atom is 0.338 e. The van der Waals surface area contributed by atoms with E-state index in [4.69, 9.17) is 0 Å². The van der Waals surface area contributed by atoms with Crippen LogP contribution in [0.5, 0.6) is 0 Å². The minimum atomic E-state index is -1.46. The van der Waals surface area contributed by atoms with Crippen LogP contribution in [0, 0.1) is 0 Å². The van der Waals surface area contributed by atoms with Crippen molar-refractivity contribution in [3.8, 4) is 0 Å². The third-order valence-electron chi connectivity index (χ3n) is 2.41. The maximum absolute atomic E-state index is 11.2. The highest BCUT2D eigenvalue weighted by molar-refractivity contribution is 5.78. The number of methoxy groups -OCH3 is 1. The summed E-state index contributed by atoms with van der Waals surface area (Å²) in [7, 11) is 1.27. The van der Waals surface area contributed by atoms with Crippen molar-refractivity contribution in [2.75, 3.05) is 13.7 Å². The molecule has 0 fully saturated rings. The molecule has 0 radical (unpaired) electrons. The molecule has 0 aliphatic heterocycles. The highest BCUT2D eigenvalue weighted by Gasteiger charge is 2.33. The highest BCUT2D eigenvalue weighted by atomic mass is 16.5. The summed E-state index contributed by atoms with van der Waals surface area (Å²) in [6.45, 7) is 7.84. The van der Waals surface area contributed by atoms with Crippen molar-refractivity contribution in [2.45, 2.75) is 51.7 Å². The molecule has 90 valence electrons. The fourth-order valence-electron chi connectivity index (χ4n) is 1.42. The number of hydrogen-bond acceptors (Lipinski definition) is 4. The van der Waals surface area contributed by atoms with Gasteiger partial charge in [0.25, 0.3) is 0 Å². The zero-order valence-corrected chi connectivity index (χ0v) is 10.4. The zero-order chi connectivity index (χ0) is 12.1. The zero-order valence-electron chi connectivity index (χ0n) is 10.4. The van der Waals surface area contributed by atoms with Gasteiger partial charge in [-0.25, -0.2) is 4.79 Å². The minimum Gasteiger partial charge on any atom is -0.467 e. The first-order valence-electron chi connectivity index (χ1n) is 5.31. The second-order valence-corrected chi connectivity index (χ2v) is 4.75. The summed E-state index contributed by atoms with van der Waals surface area (Å²) >= 11 is 0. The molecule has 0 rings (SSSR count). The molecule has 15 heavy (non-hydrogen) atoms. The molecule has 2 N–H and O–H groups in total. The van der Waals surface area contributed by atoms with Crippen molar-refractivity contribution in [1.29, 1.82) is 0 Å². The number of ether oxygens (including phenoxy) is 1. The lowest BCUT2D eigenvalue weighted by molar-refractivity contribution is -0.160. The van der Waals surface area contributed by atoms with E-state index in [1.165, 1.54) is 14.0 Å². The topological polar surface area (TPSA) is 58.6 Å². The summed E-state index contributed by atoms with van der Waals surface area (Å²) in [5, 5.41) is 12.9. The van der Waals surface area contributed by atoms with Crippen LogP contribution in [-0.4, -0.2) is 35.9 Å². The van der Waals surface area contributed by atoms with Crippen LogP contribution in [0.25, 0.3) is 0 Å². The molecule has 0 spiro atoms. The summed E-state index contributed by atoms with van der Waals surface area (Å²) < 4.78 is 4.51. The van der Waals surface area contributed by atoms with Gasteiger partial charge in [-0.3, -0.25) is 0 Å². The Bertz CT molecular complexity index is 212. The van der Waals surface area contributed by atoms with Crippen molar-refractivity contribution in [1.82, 2.24) is 5.32 Å². The molecule has 0 aromatic heterocycles. The summed E-state index contributed by atoms with van der Waals surface area (Å²) in [5.74, 6) is -0.609. The first-order valence-corrected chi connectivity index (χ1v) is 5.31. The highest BCUT2D eigenvalue weighted by Crippen LogP contribution is 2.13. The van der Waals surface area contributed by atoms with E-state index in [2.05, 4.69) is 17.0 Å². The number of carbonyl (C=O) groups is 1. The molecule has 0 heterocycles. The predicted molar refractivity (Wildman–Crippen MR) is 59.6 cm³/mol. The molecule has 0 bridgehead atoms. The van der Waals surface area contributed by atoms with Crippen molar-refractivity contribution < 1.29 is 14.6 Å². The van der Waals surface area contributed by atoms with Gasteiger partial charge in [0, 0.05) is 12.1 Å². The van der Waals surface area contributed by atoms with Gasteiger partial charge in [0.15, 0.2) is 5.60 Å². The fraction of sp³-hybridized carbons (Fsp3) is 0.909. The SMILES string of the molecule is CCCC(C)(C)NCC(C)(O)C(=O)OC. The smallest absolute Gasteiger partial charge is 0.338 e. The predicted octanol–water partition coefficient (Wildman–Crippen LogP) is 1.08. The Labute approximate surface area is 92.0 Å². The standard InChI is InChI=1S/C11H23NO3/c1-6-7-10(2,3)12-8-11(4,14)9(13)15-5/h12,14H,6-8H2,1-5H3. The van der Waals surface area contributed by atoms with Crippen LogP contribution >= 0.6 is 0 Å². The third-order valence-corrected chi connectivity index (χ3v) is 2.41. The van der Waals surface area contributed by atoms with Crippen molar-refractivity contribution >= 4 is 5.97 Å². The second-order valence-electron chi connectivity index (χ2n) is 4.75. The van der Waals surface area contributed by atoms with E-state index in [9.17, 15) is 9.90 Å². The number of β-amino-alcohol motifs (C(OH)–C–C–N with tert-alkyl or cyclic N) is 1. The quantitative estimate of drug-likeness (QED) is 0.654. The Hall–Kier alpha value is -0.610. The van der Waals surface area contributed by atoms with Gasteiger partial charge >= 0.3 is 5.97 Å². The van der Waals surface area contributed by atoms with Crippen LogP contribution in [-0.2, 0) is 9.53 Å². The first-order chi connectivity index (χ1) is 6.75. The van der Waals surface area contributed by atoms with Gasteiger partial charge in [0.1, 0.15) is 0 Å². The molecule has 0 saturated carbocycles. The molecule has 4 heteroatoms. The van der Waals surface area contributed by atoms with Crippen LogP contribution in [0.1, 0.15) is 40.5 Å². The molecule has 4 nitrogen and oxygen atoms in total. The molecule has 0 amide bonds. The average molecular weight is 217 g/mol. The van der Waals surface area contributed by atoms with Crippen LogP contribution < -0.4 is 5.32 Å². The van der Waals surface area contributed by atoms with Crippen LogP contribution in [0.3, 0.4) is 0 Å². The van der Waals surface area contributed by atoms with Gasteiger partial charge < -0.3 is 15.2 Å². The lowest BCUT2D eigenvalue weighted by Gasteiger charge is -2.30. The number of esters is 1. The molecular weight excluding hydrogens is 194 g/mol. The molecule has 1 unspecified atom stereocenters. The minimum absolute atomic E-state index is 0.0766. The largest absolute Gasteiger partial charge is 0.467 e. The lowest BCUT2D eigenvalue weighted by atomic mass is 9.97. The van der Waals surface area contributed by atoms with E-state index in [0.29, 0.717) is 0 Å². The second kappa shape index (κ2) is 5.47. The van der Waals surface area contributed by atoms with Gasteiger partial charge in [-0.05, 0) is 27.2 Å². The Morgan fingerprint density at radius 3 is 2.33 bits per heavy atom. The molecule has 0 aliphatic rings. The Balaban J connectivity index is 4.19. The number of hydrogen-bond donors (Lipinski definition) is 2. The summed E-state index contributed by atoms with van der Waals surface area (Å²) in [6, 6.07) is 0.